The van der Waals surface area contributed by atoms with Gasteiger partial charge in [-0.2, -0.15) is 0 Å². The molecule has 0 aliphatic heterocycles. The Kier molecular flexibility index (Phi) is 7.62. The lowest BCUT2D eigenvalue weighted by molar-refractivity contribution is -0.120. The molecule has 106 valence electrons. The summed E-state index contributed by atoms with van der Waals surface area (Å²) in [6, 6.07) is 7.43. The first kappa shape index (κ1) is 15.5. The van der Waals surface area contributed by atoms with Gasteiger partial charge in [-0.1, -0.05) is 12.1 Å². The van der Waals surface area contributed by atoms with E-state index in [-0.39, 0.29) is 12.5 Å². The minimum atomic E-state index is -0.00711. The van der Waals surface area contributed by atoms with Crippen LogP contribution in [0.25, 0.3) is 0 Å². The lowest BCUT2D eigenvalue weighted by atomic mass is 10.1. The van der Waals surface area contributed by atoms with Gasteiger partial charge >= 0.3 is 0 Å². The van der Waals surface area contributed by atoms with Crippen LogP contribution in [-0.4, -0.2) is 44.5 Å². The number of methoxy groups -OCH3 is 1. The monoisotopic (exact) mass is 267 g/mol. The normalized spacial score (nSPS) is 10.2. The molecule has 0 aromatic heterocycles. The molecule has 0 spiro atoms. The number of amides is 1. The number of aliphatic hydroxyl groups excluding tert-OH is 1. The third kappa shape index (κ3) is 6.79. The van der Waals surface area contributed by atoms with Crippen molar-refractivity contribution in [3.63, 3.8) is 0 Å². The van der Waals surface area contributed by atoms with Crippen LogP contribution in [0.5, 0.6) is 5.75 Å². The van der Waals surface area contributed by atoms with Gasteiger partial charge in [0, 0.05) is 13.2 Å². The van der Waals surface area contributed by atoms with E-state index < -0.39 is 0 Å². The second-order valence-electron chi connectivity index (χ2n) is 4.06. The van der Waals surface area contributed by atoms with Crippen LogP contribution in [0.4, 0.5) is 0 Å². The van der Waals surface area contributed by atoms with Crippen LogP contribution in [0.1, 0.15) is 12.0 Å². The number of ether oxygens (including phenoxy) is 2. The maximum atomic E-state index is 11.6. The zero-order valence-electron chi connectivity index (χ0n) is 11.2. The van der Waals surface area contributed by atoms with E-state index in [9.17, 15) is 4.79 Å². The van der Waals surface area contributed by atoms with Crippen molar-refractivity contribution in [3.05, 3.63) is 29.8 Å². The van der Waals surface area contributed by atoms with E-state index in [1.54, 1.807) is 7.11 Å². The van der Waals surface area contributed by atoms with Gasteiger partial charge in [0.2, 0.25) is 5.91 Å². The molecule has 0 saturated carbocycles. The summed E-state index contributed by atoms with van der Waals surface area (Å²) in [5.41, 5.74) is 0.954. The summed E-state index contributed by atoms with van der Waals surface area (Å²) in [5.74, 6) is 0.775. The molecule has 1 rings (SSSR count). The minimum Gasteiger partial charge on any atom is -0.497 e. The maximum absolute atomic E-state index is 11.6. The Balaban J connectivity index is 2.16. The van der Waals surface area contributed by atoms with E-state index in [0.29, 0.717) is 26.2 Å². The van der Waals surface area contributed by atoms with E-state index in [1.807, 2.05) is 24.3 Å². The predicted molar refractivity (Wildman–Crippen MR) is 72.2 cm³/mol. The van der Waals surface area contributed by atoms with Crippen molar-refractivity contribution in [2.75, 3.05) is 33.5 Å². The zero-order chi connectivity index (χ0) is 13.9. The van der Waals surface area contributed by atoms with Gasteiger partial charge in [0.05, 0.1) is 26.7 Å². The van der Waals surface area contributed by atoms with Crippen molar-refractivity contribution in [2.45, 2.75) is 12.8 Å². The Morgan fingerprint density at radius 2 is 2.00 bits per heavy atom. The van der Waals surface area contributed by atoms with Crippen LogP contribution in [0.2, 0.25) is 0 Å². The number of aliphatic hydroxyl groups is 1. The molecule has 0 fully saturated rings. The summed E-state index contributed by atoms with van der Waals surface area (Å²) in [5, 5.41) is 11.3. The molecule has 0 bridgehead atoms. The van der Waals surface area contributed by atoms with Crippen LogP contribution in [-0.2, 0) is 16.0 Å². The van der Waals surface area contributed by atoms with E-state index >= 15 is 0 Å². The van der Waals surface area contributed by atoms with Crippen molar-refractivity contribution < 1.29 is 19.4 Å². The van der Waals surface area contributed by atoms with Crippen molar-refractivity contribution in [2.24, 2.45) is 0 Å². The summed E-state index contributed by atoms with van der Waals surface area (Å²) in [4.78, 5) is 11.6. The number of carbonyl (C=O) groups excluding carboxylic acids is 1. The summed E-state index contributed by atoms with van der Waals surface area (Å²) < 4.78 is 10.1. The van der Waals surface area contributed by atoms with E-state index in [0.717, 1.165) is 17.7 Å². The number of rotatable bonds is 9. The molecule has 19 heavy (non-hydrogen) atoms. The smallest absolute Gasteiger partial charge is 0.224 e. The average Bonchev–Trinajstić information content (AvgIpc) is 2.43. The number of carbonyl (C=O) groups is 1. The molecule has 0 unspecified atom stereocenters. The molecule has 1 aromatic carbocycles. The molecule has 5 heteroatoms. The Hall–Kier alpha value is -1.59. The molecular weight excluding hydrogens is 246 g/mol. The van der Waals surface area contributed by atoms with Crippen LogP contribution in [0.3, 0.4) is 0 Å². The van der Waals surface area contributed by atoms with Gasteiger partial charge in [-0.3, -0.25) is 4.79 Å². The highest BCUT2D eigenvalue weighted by atomic mass is 16.5. The van der Waals surface area contributed by atoms with Gasteiger partial charge in [0.25, 0.3) is 0 Å². The van der Waals surface area contributed by atoms with Gasteiger partial charge < -0.3 is 19.9 Å². The second kappa shape index (κ2) is 9.35. The summed E-state index contributed by atoms with van der Waals surface area (Å²) >= 11 is 0. The first-order valence-electron chi connectivity index (χ1n) is 6.34. The van der Waals surface area contributed by atoms with Gasteiger partial charge in [0.15, 0.2) is 0 Å². The van der Waals surface area contributed by atoms with Crippen molar-refractivity contribution in [1.82, 2.24) is 5.32 Å². The quantitative estimate of drug-likeness (QED) is 0.648. The van der Waals surface area contributed by atoms with Crippen LogP contribution >= 0.6 is 0 Å². The molecule has 0 heterocycles. The van der Waals surface area contributed by atoms with Gasteiger partial charge in [-0.25, -0.2) is 0 Å². The first-order chi connectivity index (χ1) is 9.26. The van der Waals surface area contributed by atoms with Gasteiger partial charge in [0.1, 0.15) is 5.75 Å². The molecule has 2 N–H and O–H groups in total. The van der Waals surface area contributed by atoms with Gasteiger partial charge in [-0.15, -0.1) is 0 Å². The fraction of sp³-hybridized carbons (Fsp3) is 0.500. The largest absolute Gasteiger partial charge is 0.497 e. The van der Waals surface area contributed by atoms with Crippen molar-refractivity contribution in [3.8, 4) is 5.75 Å². The second-order valence-corrected chi connectivity index (χ2v) is 4.06. The predicted octanol–water partition coefficient (Wildman–Crippen LogP) is 0.753. The molecule has 1 amide bonds. The van der Waals surface area contributed by atoms with Crippen molar-refractivity contribution >= 4 is 5.91 Å². The third-order valence-corrected chi connectivity index (χ3v) is 2.55. The highest BCUT2D eigenvalue weighted by molar-refractivity contribution is 5.78. The topological polar surface area (TPSA) is 67.8 Å². The Morgan fingerprint density at radius 3 is 2.63 bits per heavy atom. The molecule has 0 aliphatic carbocycles. The summed E-state index contributed by atoms with van der Waals surface area (Å²) in [6.07, 6.45) is 1.11. The van der Waals surface area contributed by atoms with Crippen LogP contribution in [0.15, 0.2) is 24.3 Å². The average molecular weight is 267 g/mol. The highest BCUT2D eigenvalue weighted by Gasteiger charge is 2.02. The Labute approximate surface area is 113 Å². The number of benzene rings is 1. The van der Waals surface area contributed by atoms with Gasteiger partial charge in [-0.05, 0) is 24.1 Å². The number of hydrogen-bond donors (Lipinski definition) is 2. The lowest BCUT2D eigenvalue weighted by Gasteiger charge is -2.06. The third-order valence-electron chi connectivity index (χ3n) is 2.55. The fourth-order valence-electron chi connectivity index (χ4n) is 1.56. The van der Waals surface area contributed by atoms with E-state index in [1.165, 1.54) is 0 Å². The van der Waals surface area contributed by atoms with E-state index in [4.69, 9.17) is 14.6 Å². The minimum absolute atomic E-state index is 0.00711. The molecule has 5 nitrogen and oxygen atoms in total. The number of nitrogens with one attached hydrogen (secondary N) is 1. The molecule has 0 aliphatic rings. The van der Waals surface area contributed by atoms with E-state index in [2.05, 4.69) is 5.32 Å². The molecule has 1 aromatic rings. The highest BCUT2D eigenvalue weighted by Crippen LogP contribution is 2.11. The first-order valence-corrected chi connectivity index (χ1v) is 6.34. The van der Waals surface area contributed by atoms with Crippen LogP contribution in [0, 0.1) is 0 Å². The fourth-order valence-corrected chi connectivity index (χ4v) is 1.56. The molecule has 0 saturated heterocycles. The molecule has 0 radical (unpaired) electrons. The SMILES string of the molecule is COc1ccc(CC(=O)NCCCOCCO)cc1. The standard InChI is InChI=1S/C14H21NO4/c1-18-13-5-3-12(4-6-13)11-14(17)15-7-2-9-19-10-8-16/h3-6,16H,2,7-11H2,1H3,(H,15,17). The maximum Gasteiger partial charge on any atom is 0.224 e. The summed E-state index contributed by atoms with van der Waals surface area (Å²) in [6.45, 7) is 1.51. The lowest BCUT2D eigenvalue weighted by Crippen LogP contribution is -2.26. The van der Waals surface area contributed by atoms with Crippen molar-refractivity contribution in [1.29, 1.82) is 0 Å². The molecule has 0 atom stereocenters. The Morgan fingerprint density at radius 1 is 1.26 bits per heavy atom. The Bertz CT molecular complexity index is 364. The zero-order valence-corrected chi connectivity index (χ0v) is 11.2. The number of hydrogen-bond acceptors (Lipinski definition) is 4. The van der Waals surface area contributed by atoms with Crippen LogP contribution < -0.4 is 10.1 Å². The molecular formula is C14H21NO4. The summed E-state index contributed by atoms with van der Waals surface area (Å²) in [7, 11) is 1.61.